The van der Waals surface area contributed by atoms with Crippen molar-refractivity contribution < 1.29 is 108 Å². The first-order chi connectivity index (χ1) is 51.5. The minimum Gasteiger partial charge on any atom is -0.504 e. The molecular formula is C73H103N11O22S. The first kappa shape index (κ1) is 83.0. The number of aliphatic hydroxyl groups excluding tert-OH is 8. The molecule has 0 unspecified atom stereocenters. The van der Waals surface area contributed by atoms with Gasteiger partial charge in [0.25, 0.3) is 18.2 Å². The zero-order valence-electron chi connectivity index (χ0n) is 60.3. The van der Waals surface area contributed by atoms with Crippen molar-refractivity contribution in [3.05, 3.63) is 102 Å². The molecule has 7 amide bonds. The molecule has 588 valence electrons. The Kier molecular flexibility index (Phi) is 31.4. The van der Waals surface area contributed by atoms with Crippen LogP contribution >= 0.6 is 12.3 Å². The topological polar surface area (TPSA) is 456 Å². The van der Waals surface area contributed by atoms with E-state index in [1.165, 1.54) is 50.5 Å². The highest BCUT2D eigenvalue weighted by Gasteiger charge is 2.50. The number of piperidine rings is 1. The molecule has 9 rings (SSSR count). The summed E-state index contributed by atoms with van der Waals surface area (Å²) in [6, 6.07) is 14.1. The predicted octanol–water partition coefficient (Wildman–Crippen LogP) is -0.920. The summed E-state index contributed by atoms with van der Waals surface area (Å²) in [5.74, 6) is -8.64. The Morgan fingerprint density at radius 1 is 0.682 bits per heavy atom. The second-order valence-electron chi connectivity index (χ2n) is 28.1. The predicted molar refractivity (Wildman–Crippen MR) is 390 cm³/mol. The number of nitrogens with zero attached hydrogens (tertiary/aromatic N) is 5. The van der Waals surface area contributed by atoms with Crippen molar-refractivity contribution in [3.63, 3.8) is 0 Å². The van der Waals surface area contributed by atoms with Crippen LogP contribution in [0.2, 0.25) is 0 Å². The number of hydrogen-bond acceptors (Lipinski definition) is 27. The van der Waals surface area contributed by atoms with Gasteiger partial charge in [-0.3, -0.25) is 33.6 Å². The molecule has 34 heteroatoms. The molecule has 16 N–H and O–H groups in total. The second kappa shape index (κ2) is 40.4. The number of likely N-dealkylation sites (tertiary alicyclic amines) is 1. The van der Waals surface area contributed by atoms with E-state index < -0.39 is 184 Å². The number of rotatable bonds is 29. The largest absolute Gasteiger partial charge is 0.504 e. The third-order valence-corrected chi connectivity index (χ3v) is 20.7. The summed E-state index contributed by atoms with van der Waals surface area (Å²) in [6.45, 7) is 6.98. The Hall–Kier alpha value is -8.04. The van der Waals surface area contributed by atoms with Crippen LogP contribution in [0.3, 0.4) is 0 Å². The summed E-state index contributed by atoms with van der Waals surface area (Å²) >= 11 is 0.0702. The number of phenolic OH excluding ortho intramolecular Hbond substituents is 1. The van der Waals surface area contributed by atoms with Gasteiger partial charge in [0.15, 0.2) is 11.5 Å². The van der Waals surface area contributed by atoms with Crippen LogP contribution in [0.15, 0.2) is 91.0 Å². The Labute approximate surface area is 625 Å². The maximum Gasteiger partial charge on any atom is 0.261 e. The minimum absolute atomic E-state index is 0.0591. The molecule has 33 nitrogen and oxygen atoms in total. The number of hydrogen-bond donors (Lipinski definition) is 16. The van der Waals surface area contributed by atoms with Gasteiger partial charge in [-0.25, -0.2) is 5.26 Å². The van der Waals surface area contributed by atoms with Gasteiger partial charge in [-0.15, -0.1) is 0 Å². The Morgan fingerprint density at radius 2 is 1.30 bits per heavy atom. The van der Waals surface area contributed by atoms with E-state index in [0.717, 1.165) is 123 Å². The number of phenols is 1. The molecule has 0 radical (unpaired) electrons. The summed E-state index contributed by atoms with van der Waals surface area (Å²) in [7, 11) is 1.75. The van der Waals surface area contributed by atoms with Gasteiger partial charge in [-0.1, -0.05) is 59.5 Å². The number of piperazine rings is 1. The quantitative estimate of drug-likeness (QED) is 0.0135. The van der Waals surface area contributed by atoms with Crippen molar-refractivity contribution in [2.45, 2.75) is 163 Å². The van der Waals surface area contributed by atoms with Crippen molar-refractivity contribution in [2.24, 2.45) is 5.92 Å². The molecule has 5 aliphatic heterocycles. The first-order valence-corrected chi connectivity index (χ1v) is 37.1. The average Bonchev–Trinajstić information content (AvgIpc) is 1.73. The molecule has 0 aliphatic carbocycles. The third-order valence-electron chi connectivity index (χ3n) is 20.3. The van der Waals surface area contributed by atoms with E-state index in [1.807, 2.05) is 24.3 Å². The zero-order chi connectivity index (χ0) is 76.8. The highest BCUT2D eigenvalue weighted by atomic mass is 32.2. The second-order valence-corrected chi connectivity index (χ2v) is 28.5. The summed E-state index contributed by atoms with van der Waals surface area (Å²) in [4.78, 5) is 112. The van der Waals surface area contributed by atoms with Crippen molar-refractivity contribution >= 4 is 65.0 Å². The molecule has 0 bridgehead atoms. The van der Waals surface area contributed by atoms with E-state index in [9.17, 15) is 74.7 Å². The lowest BCUT2D eigenvalue weighted by Crippen LogP contribution is -2.64. The number of carbonyl (C=O) groups excluding carboxylic acids is 7. The highest BCUT2D eigenvalue weighted by Crippen LogP contribution is 2.33. The summed E-state index contributed by atoms with van der Waals surface area (Å²) in [5, 5.41) is 127. The maximum absolute atomic E-state index is 15.0. The molecule has 5 fully saturated rings. The number of unbranched alkanes of at least 4 members (excludes halogenated alkanes) is 3. The van der Waals surface area contributed by atoms with Gasteiger partial charge >= 0.3 is 0 Å². The summed E-state index contributed by atoms with van der Waals surface area (Å²) < 4.78 is 21.0. The number of aromatic hydroxyl groups is 1. The fourth-order valence-electron chi connectivity index (χ4n) is 14.1. The summed E-state index contributed by atoms with van der Waals surface area (Å²) in [5.41, 5.74) is 3.93. The lowest BCUT2D eigenvalue weighted by atomic mass is 9.98. The first-order valence-electron chi connectivity index (χ1n) is 36.4. The van der Waals surface area contributed by atoms with Gasteiger partial charge in [-0.05, 0) is 129 Å². The molecular weight excluding hydrogens is 1410 g/mol. The van der Waals surface area contributed by atoms with E-state index in [2.05, 4.69) is 80.2 Å². The van der Waals surface area contributed by atoms with E-state index in [4.69, 9.17) is 18.9 Å². The normalized spacial score (nSPS) is 25.1. The van der Waals surface area contributed by atoms with Gasteiger partial charge in [0.1, 0.15) is 48.1 Å². The molecule has 5 aliphatic rings. The highest BCUT2D eigenvalue weighted by molar-refractivity contribution is 7.90. The number of fused-ring (bicyclic) bond motifs is 2. The lowest BCUT2D eigenvalue weighted by Gasteiger charge is -2.37. The minimum atomic E-state index is -2.16. The molecule has 5 saturated heterocycles. The molecule has 5 heterocycles. The molecule has 107 heavy (non-hydrogen) atoms. The van der Waals surface area contributed by atoms with Crippen LogP contribution in [0.25, 0.3) is 11.1 Å². The number of benzene rings is 4. The molecule has 0 saturated carbocycles. The van der Waals surface area contributed by atoms with E-state index in [1.54, 1.807) is 19.2 Å². The van der Waals surface area contributed by atoms with Crippen molar-refractivity contribution in [3.8, 4) is 28.4 Å². The number of ether oxygens (including phenoxy) is 2. The number of aliphatic hydroxyl groups is 8. The van der Waals surface area contributed by atoms with Crippen molar-refractivity contribution in [1.82, 2.24) is 46.6 Å². The van der Waals surface area contributed by atoms with Crippen molar-refractivity contribution in [2.75, 3.05) is 109 Å². The Bertz CT molecular complexity index is 3540. The van der Waals surface area contributed by atoms with Gasteiger partial charge in [0.05, 0.1) is 55.9 Å². The number of methoxy groups -OCH3 is 1. The van der Waals surface area contributed by atoms with Crippen LogP contribution in [-0.2, 0) is 49.3 Å². The fourth-order valence-corrected chi connectivity index (χ4v) is 14.4. The number of carbonyl (C=O) groups is 7. The molecule has 13 atom stereocenters. The number of β-amino-alcohol motifs (C(OH)–C–C–N with tert-alkyl or cyclic N) is 1. The average molecular weight is 1520 g/mol. The van der Waals surface area contributed by atoms with Gasteiger partial charge < -0.3 is 116 Å². The fraction of sp³-hybridized carbons (Fsp3) is 0.575. The molecule has 0 spiro atoms. The smallest absolute Gasteiger partial charge is 0.261 e. The number of anilines is 2. The van der Waals surface area contributed by atoms with Gasteiger partial charge in [-0.2, -0.15) is 0 Å². The van der Waals surface area contributed by atoms with E-state index in [0.29, 0.717) is 0 Å². The van der Waals surface area contributed by atoms with Crippen molar-refractivity contribution in [1.29, 1.82) is 0 Å². The van der Waals surface area contributed by atoms with Crippen LogP contribution in [0.4, 0.5) is 11.4 Å². The molecule has 4 aromatic carbocycles. The maximum atomic E-state index is 15.0. The van der Waals surface area contributed by atoms with Gasteiger partial charge in [0, 0.05) is 115 Å². The number of amides is 7. The lowest BCUT2D eigenvalue weighted by molar-refractivity contribution is -0.433. The Morgan fingerprint density at radius 3 is 1.93 bits per heavy atom. The SMILES string of the molecule is COCCCCCCN1CCC(Oc2ccc(N3CCN(c4ccc(-c5ccc(C(=O)N[C@H]6C[C@@H](O)CNC(=O)[C@@H]7[C@@H](O)[C@@H](C)CN7C(=O)[C@H]([C@H](O)CCNC(CO)CO)NC(=O)[C@H]([C@H](O)Cc7ccc(O)c(OSOOO)c7)NC(=O)[C@@H]7C[C@@H](O)CN7C(=O)[C@H]([C@@H](C)O)NC6=O)cc5)cc4)CC3)cc2)CC1. The summed E-state index contributed by atoms with van der Waals surface area (Å²) in [6.07, 6.45) is -5.63. The standard InChI is InChI=1S/C73H103N11O22S/c1-43-39-84-65(66(43)93)71(98)75-38-52(88)36-56(76-67(94)48-11-9-46(10-12-48)47-13-15-50(16-14-47)81-29-31-82(32-30-81)51-17-19-54(20-18-51)103-55-23-27-80(28-24-55)26-6-4-5-7-33-102-3)68(95)77-62(44(2)87)72(99)83-40-53(89)37-57(83)69(96)78-63(60(92)34-45-8-21-58(90)61(35-45)104-107-106-105-101)70(97)79-64(73(84)100)59(91)22-25-74-49(41-85)42-86/h8-21,35,43-44,49,52-53,55-57,59-60,62-66,74,85-93,101H,4-7,22-34,36-42H2,1-3H3,(H,75,98)(H,76,94)(H,77,95)(H,78,96)(H,79,97)/t43-,44+,52+,53+,56-,57-,59+,60+,62-,63-,64-,65-,66-/m0/s1. The zero-order valence-corrected chi connectivity index (χ0v) is 61.1. The van der Waals surface area contributed by atoms with Crippen LogP contribution in [0.5, 0.6) is 17.2 Å². The third kappa shape index (κ3) is 22.8. The van der Waals surface area contributed by atoms with Gasteiger partial charge in [0.2, 0.25) is 35.4 Å². The molecule has 4 aromatic rings. The van der Waals surface area contributed by atoms with E-state index in [-0.39, 0.29) is 48.4 Å². The monoisotopic (exact) mass is 1520 g/mol. The van der Waals surface area contributed by atoms with Crippen LogP contribution in [0, 0.1) is 5.92 Å². The van der Waals surface area contributed by atoms with E-state index >= 15 is 4.79 Å². The Balaban J connectivity index is 0.895. The molecule has 0 aromatic heterocycles. The van der Waals surface area contributed by atoms with Crippen LogP contribution < -0.4 is 50.6 Å². The number of nitrogens with one attached hydrogen (secondary N) is 6. The van der Waals surface area contributed by atoms with Crippen LogP contribution in [-0.4, -0.2) is 291 Å². The van der Waals surface area contributed by atoms with Crippen LogP contribution in [0.1, 0.15) is 87.6 Å².